The van der Waals surface area contributed by atoms with E-state index in [0.717, 1.165) is 40.1 Å². The highest BCUT2D eigenvalue weighted by atomic mass is 32.2. The van der Waals surface area contributed by atoms with E-state index in [0.29, 0.717) is 5.92 Å². The predicted molar refractivity (Wildman–Crippen MR) is 88.2 cm³/mol. The van der Waals surface area contributed by atoms with E-state index in [9.17, 15) is 4.79 Å². The van der Waals surface area contributed by atoms with Gasteiger partial charge in [-0.15, -0.1) is 10.2 Å². The molecule has 118 valence electrons. The van der Waals surface area contributed by atoms with Gasteiger partial charge in [0.15, 0.2) is 8.68 Å². The van der Waals surface area contributed by atoms with Crippen molar-refractivity contribution in [2.75, 3.05) is 26.2 Å². The van der Waals surface area contributed by atoms with Gasteiger partial charge in [-0.1, -0.05) is 41.3 Å². The maximum Gasteiger partial charge on any atom is 0.326 e. The standard InChI is InChI=1S/C13H21N3O2S3/c1-14-13(10(17)18-2)7-4-5-9(13)6-8-20-12-16-15-11(19-3)21-12/h9,14H,4-8H2,1-3H3. The smallest absolute Gasteiger partial charge is 0.326 e. The maximum atomic E-state index is 12.1. The Morgan fingerprint density at radius 3 is 2.90 bits per heavy atom. The third-order valence-electron chi connectivity index (χ3n) is 4.07. The molecule has 1 N–H and O–H groups in total. The van der Waals surface area contributed by atoms with Gasteiger partial charge in [-0.3, -0.25) is 4.79 Å². The topological polar surface area (TPSA) is 64.1 Å². The number of hydrogen-bond donors (Lipinski definition) is 1. The third kappa shape index (κ3) is 3.72. The molecule has 5 nitrogen and oxygen atoms in total. The van der Waals surface area contributed by atoms with Crippen molar-refractivity contribution < 1.29 is 9.53 Å². The minimum absolute atomic E-state index is 0.127. The van der Waals surface area contributed by atoms with Crippen molar-refractivity contribution in [3.63, 3.8) is 0 Å². The van der Waals surface area contributed by atoms with Crippen LogP contribution in [0.1, 0.15) is 25.7 Å². The lowest BCUT2D eigenvalue weighted by Gasteiger charge is -2.32. The van der Waals surface area contributed by atoms with Crippen LogP contribution in [0, 0.1) is 5.92 Å². The average Bonchev–Trinajstić information content (AvgIpc) is 3.13. The number of ether oxygens (including phenoxy) is 1. The van der Waals surface area contributed by atoms with Gasteiger partial charge in [-0.05, 0) is 38.5 Å². The Bertz CT molecular complexity index is 483. The molecule has 1 heterocycles. The van der Waals surface area contributed by atoms with E-state index in [1.54, 1.807) is 34.9 Å². The van der Waals surface area contributed by atoms with Gasteiger partial charge in [0.05, 0.1) is 7.11 Å². The zero-order chi connectivity index (χ0) is 15.3. The van der Waals surface area contributed by atoms with Gasteiger partial charge in [0.2, 0.25) is 0 Å². The van der Waals surface area contributed by atoms with Crippen LogP contribution in [0.25, 0.3) is 0 Å². The Labute approximate surface area is 138 Å². The summed E-state index contributed by atoms with van der Waals surface area (Å²) < 4.78 is 7.01. The molecule has 1 fully saturated rings. The van der Waals surface area contributed by atoms with Gasteiger partial charge < -0.3 is 10.1 Å². The molecule has 8 heteroatoms. The van der Waals surface area contributed by atoms with Crippen LogP contribution >= 0.6 is 34.9 Å². The fraction of sp³-hybridized carbons (Fsp3) is 0.769. The van der Waals surface area contributed by atoms with Crippen molar-refractivity contribution in [3.8, 4) is 0 Å². The largest absolute Gasteiger partial charge is 0.468 e. The number of nitrogens with one attached hydrogen (secondary N) is 1. The fourth-order valence-electron chi connectivity index (χ4n) is 2.98. The molecule has 0 radical (unpaired) electrons. The minimum atomic E-state index is -0.499. The van der Waals surface area contributed by atoms with E-state index in [1.807, 2.05) is 13.3 Å². The van der Waals surface area contributed by atoms with E-state index < -0.39 is 5.54 Å². The first-order valence-electron chi connectivity index (χ1n) is 6.94. The van der Waals surface area contributed by atoms with Crippen molar-refractivity contribution in [2.45, 2.75) is 39.9 Å². The molecule has 0 saturated heterocycles. The van der Waals surface area contributed by atoms with Crippen LogP contribution in [-0.2, 0) is 9.53 Å². The van der Waals surface area contributed by atoms with Crippen LogP contribution in [0.2, 0.25) is 0 Å². The van der Waals surface area contributed by atoms with Crippen molar-refractivity contribution in [3.05, 3.63) is 0 Å². The summed E-state index contributed by atoms with van der Waals surface area (Å²) in [7, 11) is 3.33. The first-order chi connectivity index (χ1) is 10.2. The maximum absolute atomic E-state index is 12.1. The quantitative estimate of drug-likeness (QED) is 0.601. The second-order valence-electron chi connectivity index (χ2n) is 4.98. The van der Waals surface area contributed by atoms with Crippen LogP contribution in [0.4, 0.5) is 0 Å². The summed E-state index contributed by atoms with van der Waals surface area (Å²) in [5, 5.41) is 11.5. The van der Waals surface area contributed by atoms with Crippen LogP contribution in [0.5, 0.6) is 0 Å². The van der Waals surface area contributed by atoms with Gasteiger partial charge in [0, 0.05) is 5.75 Å². The van der Waals surface area contributed by atoms with Crippen molar-refractivity contribution in [2.24, 2.45) is 5.92 Å². The highest BCUT2D eigenvalue weighted by molar-refractivity contribution is 8.02. The number of hydrogen-bond acceptors (Lipinski definition) is 8. The summed E-state index contributed by atoms with van der Waals surface area (Å²) in [6.45, 7) is 0. The highest BCUT2D eigenvalue weighted by Crippen LogP contribution is 2.40. The van der Waals surface area contributed by atoms with E-state index in [-0.39, 0.29) is 5.97 Å². The Hall–Kier alpha value is -0.310. The number of nitrogens with zero attached hydrogens (tertiary/aromatic N) is 2. The SMILES string of the molecule is CNC1(C(=O)OC)CCCC1CCSc1nnc(SC)s1. The van der Waals surface area contributed by atoms with Crippen molar-refractivity contribution in [1.29, 1.82) is 0 Å². The van der Waals surface area contributed by atoms with E-state index in [4.69, 9.17) is 4.74 Å². The average molecular weight is 348 g/mol. The summed E-state index contributed by atoms with van der Waals surface area (Å²) in [5.74, 6) is 1.15. The first kappa shape index (κ1) is 17.1. The summed E-state index contributed by atoms with van der Waals surface area (Å²) >= 11 is 4.97. The van der Waals surface area contributed by atoms with Crippen LogP contribution in [0.3, 0.4) is 0 Å². The molecule has 1 aliphatic rings. The molecule has 2 atom stereocenters. The summed E-state index contributed by atoms with van der Waals surface area (Å²) in [4.78, 5) is 12.1. The van der Waals surface area contributed by atoms with Crippen LogP contribution < -0.4 is 5.32 Å². The van der Waals surface area contributed by atoms with Crippen molar-refractivity contribution >= 4 is 40.8 Å². The number of thioether (sulfide) groups is 2. The first-order valence-corrected chi connectivity index (χ1v) is 9.96. The third-order valence-corrected chi connectivity index (χ3v) is 7.14. The highest BCUT2D eigenvalue weighted by Gasteiger charge is 2.48. The summed E-state index contributed by atoms with van der Waals surface area (Å²) in [6.07, 6.45) is 5.99. The Balaban J connectivity index is 1.90. The molecule has 2 unspecified atom stereocenters. The number of carbonyl (C=O) groups is 1. The normalized spacial score (nSPS) is 25.2. The lowest BCUT2D eigenvalue weighted by atomic mass is 9.85. The van der Waals surface area contributed by atoms with E-state index in [1.165, 1.54) is 7.11 Å². The van der Waals surface area contributed by atoms with E-state index >= 15 is 0 Å². The number of esters is 1. The van der Waals surface area contributed by atoms with Gasteiger partial charge in [0.25, 0.3) is 0 Å². The molecule has 1 aliphatic carbocycles. The molecular formula is C13H21N3O2S3. The fourth-order valence-corrected chi connectivity index (χ4v) is 5.54. The number of methoxy groups -OCH3 is 1. The number of likely N-dealkylation sites (N-methyl/N-ethyl adjacent to an activating group) is 1. The minimum Gasteiger partial charge on any atom is -0.468 e. The molecule has 0 aliphatic heterocycles. The van der Waals surface area contributed by atoms with Crippen LogP contribution in [-0.4, -0.2) is 47.9 Å². The Morgan fingerprint density at radius 1 is 1.52 bits per heavy atom. The monoisotopic (exact) mass is 347 g/mol. The molecule has 1 aromatic heterocycles. The van der Waals surface area contributed by atoms with Crippen molar-refractivity contribution in [1.82, 2.24) is 15.5 Å². The van der Waals surface area contributed by atoms with Gasteiger partial charge in [-0.2, -0.15) is 0 Å². The molecule has 2 rings (SSSR count). The van der Waals surface area contributed by atoms with Crippen LogP contribution in [0.15, 0.2) is 8.68 Å². The second-order valence-corrected chi connectivity index (χ2v) is 8.35. The number of carbonyl (C=O) groups excluding carboxylic acids is 1. The van der Waals surface area contributed by atoms with Gasteiger partial charge in [-0.25, -0.2) is 0 Å². The molecule has 21 heavy (non-hydrogen) atoms. The molecule has 1 aromatic rings. The van der Waals surface area contributed by atoms with Gasteiger partial charge >= 0.3 is 5.97 Å². The molecular weight excluding hydrogens is 326 g/mol. The summed E-state index contributed by atoms with van der Waals surface area (Å²) in [5.41, 5.74) is -0.499. The zero-order valence-corrected chi connectivity index (χ0v) is 15.0. The van der Waals surface area contributed by atoms with Gasteiger partial charge in [0.1, 0.15) is 5.54 Å². The number of rotatable bonds is 7. The Kier molecular flexibility index (Phi) is 6.34. The second kappa shape index (κ2) is 7.80. The lowest BCUT2D eigenvalue weighted by Crippen LogP contribution is -2.53. The lowest BCUT2D eigenvalue weighted by molar-refractivity contribution is -0.150. The Morgan fingerprint density at radius 2 is 2.29 bits per heavy atom. The molecule has 1 saturated carbocycles. The predicted octanol–water partition coefficient (Wildman–Crippen LogP) is 2.67. The number of aromatic nitrogens is 2. The molecule has 0 bridgehead atoms. The van der Waals surface area contributed by atoms with E-state index in [2.05, 4.69) is 15.5 Å². The summed E-state index contributed by atoms with van der Waals surface area (Å²) in [6, 6.07) is 0. The molecule has 0 spiro atoms. The zero-order valence-electron chi connectivity index (χ0n) is 12.5. The molecule has 0 aromatic carbocycles. The molecule has 0 amide bonds.